The number of rotatable bonds is 4. The molecule has 5 nitrogen and oxygen atoms in total. The van der Waals surface area contributed by atoms with Gasteiger partial charge in [0, 0.05) is 25.5 Å². The molecule has 1 saturated heterocycles. The second kappa shape index (κ2) is 5.63. The SMILES string of the molecule is CN(CCN1CCCC1)c1nc(N)nc2ccccc12. The lowest BCUT2D eigenvalue weighted by Crippen LogP contribution is -2.32. The second-order valence-electron chi connectivity index (χ2n) is 5.39. The average Bonchev–Trinajstić information content (AvgIpc) is 2.97. The van der Waals surface area contributed by atoms with Crippen molar-refractivity contribution in [2.24, 2.45) is 0 Å². The molecule has 2 heterocycles. The lowest BCUT2D eigenvalue weighted by molar-refractivity contribution is 0.346. The number of para-hydroxylation sites is 1. The van der Waals surface area contributed by atoms with Crippen molar-refractivity contribution in [1.82, 2.24) is 14.9 Å². The second-order valence-corrected chi connectivity index (χ2v) is 5.39. The summed E-state index contributed by atoms with van der Waals surface area (Å²) in [6, 6.07) is 8.02. The Morgan fingerprint density at radius 2 is 1.95 bits per heavy atom. The number of fused-ring (bicyclic) bond motifs is 1. The fraction of sp³-hybridized carbons (Fsp3) is 0.467. The Morgan fingerprint density at radius 1 is 1.20 bits per heavy atom. The maximum atomic E-state index is 5.82. The van der Waals surface area contributed by atoms with Crippen molar-refractivity contribution >= 4 is 22.7 Å². The van der Waals surface area contributed by atoms with Gasteiger partial charge >= 0.3 is 0 Å². The topological polar surface area (TPSA) is 58.3 Å². The van der Waals surface area contributed by atoms with Crippen LogP contribution < -0.4 is 10.6 Å². The first-order chi connectivity index (χ1) is 9.74. The van der Waals surface area contributed by atoms with Crippen LogP contribution in [0.25, 0.3) is 10.9 Å². The lowest BCUT2D eigenvalue weighted by atomic mass is 10.2. The molecule has 20 heavy (non-hydrogen) atoms. The first-order valence-electron chi connectivity index (χ1n) is 7.20. The van der Waals surface area contributed by atoms with E-state index in [1.807, 2.05) is 18.2 Å². The van der Waals surface area contributed by atoms with Crippen LogP contribution in [0.3, 0.4) is 0 Å². The number of anilines is 2. The summed E-state index contributed by atoms with van der Waals surface area (Å²) >= 11 is 0. The van der Waals surface area contributed by atoms with Crippen molar-refractivity contribution in [2.45, 2.75) is 12.8 Å². The third kappa shape index (κ3) is 2.67. The van der Waals surface area contributed by atoms with Gasteiger partial charge in [0.1, 0.15) is 5.82 Å². The molecule has 0 atom stereocenters. The highest BCUT2D eigenvalue weighted by Gasteiger charge is 2.14. The van der Waals surface area contributed by atoms with E-state index in [0.29, 0.717) is 5.95 Å². The molecule has 1 aliphatic heterocycles. The highest BCUT2D eigenvalue weighted by molar-refractivity contribution is 5.90. The summed E-state index contributed by atoms with van der Waals surface area (Å²) in [5, 5.41) is 1.06. The number of nitrogens with two attached hydrogens (primary N) is 1. The van der Waals surface area contributed by atoms with Crippen LogP contribution in [0.5, 0.6) is 0 Å². The number of aromatic nitrogens is 2. The van der Waals surface area contributed by atoms with Crippen molar-refractivity contribution in [2.75, 3.05) is 43.9 Å². The number of nitrogens with zero attached hydrogens (tertiary/aromatic N) is 4. The van der Waals surface area contributed by atoms with Crippen LogP contribution in [0.2, 0.25) is 0 Å². The van der Waals surface area contributed by atoms with E-state index in [9.17, 15) is 0 Å². The van der Waals surface area contributed by atoms with E-state index in [0.717, 1.165) is 29.8 Å². The minimum Gasteiger partial charge on any atom is -0.368 e. The molecule has 1 aliphatic rings. The minimum atomic E-state index is 0.340. The maximum absolute atomic E-state index is 5.82. The minimum absolute atomic E-state index is 0.340. The molecule has 0 radical (unpaired) electrons. The largest absolute Gasteiger partial charge is 0.368 e. The number of hydrogen-bond donors (Lipinski definition) is 1. The summed E-state index contributed by atoms with van der Waals surface area (Å²) in [7, 11) is 2.07. The Bertz CT molecular complexity index is 592. The fourth-order valence-corrected chi connectivity index (χ4v) is 2.77. The van der Waals surface area contributed by atoms with Crippen LogP contribution in [0, 0.1) is 0 Å². The van der Waals surface area contributed by atoms with E-state index in [1.165, 1.54) is 25.9 Å². The highest BCUT2D eigenvalue weighted by Crippen LogP contribution is 2.23. The number of likely N-dealkylation sites (N-methyl/N-ethyl adjacent to an activating group) is 1. The van der Waals surface area contributed by atoms with Crippen LogP contribution in [-0.2, 0) is 0 Å². The molecule has 5 heteroatoms. The zero-order valence-corrected chi connectivity index (χ0v) is 11.9. The molecular formula is C15H21N5. The van der Waals surface area contributed by atoms with Gasteiger partial charge in [-0.2, -0.15) is 4.98 Å². The van der Waals surface area contributed by atoms with Gasteiger partial charge in [0.05, 0.1) is 5.52 Å². The summed E-state index contributed by atoms with van der Waals surface area (Å²) in [6.45, 7) is 4.48. The van der Waals surface area contributed by atoms with Crippen molar-refractivity contribution in [1.29, 1.82) is 0 Å². The highest BCUT2D eigenvalue weighted by atomic mass is 15.2. The molecule has 0 amide bonds. The van der Waals surface area contributed by atoms with Crippen LogP contribution in [0.4, 0.5) is 11.8 Å². The van der Waals surface area contributed by atoms with Crippen LogP contribution in [0.15, 0.2) is 24.3 Å². The third-order valence-electron chi connectivity index (χ3n) is 3.91. The Kier molecular flexibility index (Phi) is 3.69. The predicted molar refractivity (Wildman–Crippen MR) is 82.9 cm³/mol. The van der Waals surface area contributed by atoms with Gasteiger partial charge in [0.15, 0.2) is 0 Å². The van der Waals surface area contributed by atoms with Gasteiger partial charge in [-0.25, -0.2) is 4.98 Å². The molecule has 2 N–H and O–H groups in total. The van der Waals surface area contributed by atoms with Crippen molar-refractivity contribution in [3.05, 3.63) is 24.3 Å². The fourth-order valence-electron chi connectivity index (χ4n) is 2.77. The zero-order chi connectivity index (χ0) is 13.9. The molecule has 0 bridgehead atoms. The van der Waals surface area contributed by atoms with Gasteiger partial charge in [-0.05, 0) is 38.1 Å². The number of benzene rings is 1. The molecule has 106 valence electrons. The van der Waals surface area contributed by atoms with E-state index >= 15 is 0 Å². The summed E-state index contributed by atoms with van der Waals surface area (Å²) in [5.74, 6) is 1.26. The number of likely N-dealkylation sites (tertiary alicyclic amines) is 1. The Morgan fingerprint density at radius 3 is 2.75 bits per heavy atom. The van der Waals surface area contributed by atoms with Gasteiger partial charge in [-0.3, -0.25) is 0 Å². The molecule has 0 saturated carbocycles. The van der Waals surface area contributed by atoms with E-state index in [2.05, 4.69) is 32.9 Å². The predicted octanol–water partition coefficient (Wildman–Crippen LogP) is 1.74. The van der Waals surface area contributed by atoms with E-state index < -0.39 is 0 Å². The zero-order valence-electron chi connectivity index (χ0n) is 11.9. The Balaban J connectivity index is 1.81. The van der Waals surface area contributed by atoms with E-state index in [-0.39, 0.29) is 0 Å². The van der Waals surface area contributed by atoms with Crippen molar-refractivity contribution < 1.29 is 0 Å². The average molecular weight is 271 g/mol. The van der Waals surface area contributed by atoms with Gasteiger partial charge in [0.2, 0.25) is 5.95 Å². The van der Waals surface area contributed by atoms with Crippen LogP contribution >= 0.6 is 0 Å². The van der Waals surface area contributed by atoms with Crippen molar-refractivity contribution in [3.63, 3.8) is 0 Å². The molecule has 0 unspecified atom stereocenters. The molecule has 1 fully saturated rings. The first kappa shape index (κ1) is 13.1. The van der Waals surface area contributed by atoms with E-state index in [4.69, 9.17) is 5.73 Å². The van der Waals surface area contributed by atoms with Gasteiger partial charge in [-0.1, -0.05) is 12.1 Å². The molecule has 3 rings (SSSR count). The summed E-state index contributed by atoms with van der Waals surface area (Å²) in [6.07, 6.45) is 2.65. The Hall–Kier alpha value is -1.88. The summed E-state index contributed by atoms with van der Waals surface area (Å²) < 4.78 is 0. The molecule has 1 aromatic carbocycles. The summed E-state index contributed by atoms with van der Waals surface area (Å²) in [4.78, 5) is 13.4. The monoisotopic (exact) mass is 271 g/mol. The Labute approximate surface area is 119 Å². The van der Waals surface area contributed by atoms with E-state index in [1.54, 1.807) is 0 Å². The molecule has 1 aromatic heterocycles. The van der Waals surface area contributed by atoms with Gasteiger partial charge < -0.3 is 15.5 Å². The van der Waals surface area contributed by atoms with Crippen LogP contribution in [-0.4, -0.2) is 48.1 Å². The smallest absolute Gasteiger partial charge is 0.222 e. The number of nitrogen functional groups attached to an aromatic ring is 1. The quantitative estimate of drug-likeness (QED) is 0.918. The third-order valence-corrected chi connectivity index (χ3v) is 3.91. The van der Waals surface area contributed by atoms with Gasteiger partial charge in [-0.15, -0.1) is 0 Å². The molecular weight excluding hydrogens is 250 g/mol. The molecule has 0 spiro atoms. The standard InChI is InChI=1S/C15H21N5/c1-19(10-11-20-8-4-5-9-20)14-12-6-2-3-7-13(12)17-15(16)18-14/h2-3,6-7H,4-5,8-11H2,1H3,(H2,16,17,18). The summed E-state index contributed by atoms with van der Waals surface area (Å²) in [5.41, 5.74) is 6.73. The molecule has 2 aromatic rings. The molecule has 0 aliphatic carbocycles. The maximum Gasteiger partial charge on any atom is 0.222 e. The number of hydrogen-bond acceptors (Lipinski definition) is 5. The first-order valence-corrected chi connectivity index (χ1v) is 7.20. The van der Waals surface area contributed by atoms with Crippen molar-refractivity contribution in [3.8, 4) is 0 Å². The van der Waals surface area contributed by atoms with Crippen LogP contribution in [0.1, 0.15) is 12.8 Å². The normalized spacial score (nSPS) is 15.8. The lowest BCUT2D eigenvalue weighted by Gasteiger charge is -2.23. The van der Waals surface area contributed by atoms with Gasteiger partial charge in [0.25, 0.3) is 0 Å².